The third-order valence-electron chi connectivity index (χ3n) is 1.36. The molecule has 0 aliphatic rings. The zero-order valence-corrected chi connectivity index (χ0v) is 6.44. The number of nitrogens with zero attached hydrogens (tertiary/aromatic N) is 1. The van der Waals surface area contributed by atoms with Crippen molar-refractivity contribution in [3.8, 4) is 0 Å². The topological polar surface area (TPSA) is 4.93 Å². The fourth-order valence-corrected chi connectivity index (χ4v) is 0.968. The number of hydrogen-bond donors (Lipinski definition) is 1. The van der Waals surface area contributed by atoms with Gasteiger partial charge < -0.3 is 4.57 Å². The van der Waals surface area contributed by atoms with Crippen LogP contribution in [0.25, 0.3) is 0 Å². The molecule has 0 saturated heterocycles. The molecule has 0 spiro atoms. The van der Waals surface area contributed by atoms with Crippen molar-refractivity contribution in [1.29, 1.82) is 0 Å². The van der Waals surface area contributed by atoms with Gasteiger partial charge in [-0.15, -0.1) is 0 Å². The zero-order valence-electron chi connectivity index (χ0n) is 5.54. The van der Waals surface area contributed by atoms with Crippen LogP contribution in [0.2, 0.25) is 0 Å². The largest absolute Gasteiger partial charge is 0.354 e. The Balaban J connectivity index is 2.74. The van der Waals surface area contributed by atoms with Gasteiger partial charge in [-0.3, -0.25) is 0 Å². The summed E-state index contributed by atoms with van der Waals surface area (Å²) in [4.78, 5) is 0. The quantitative estimate of drug-likeness (QED) is 0.601. The van der Waals surface area contributed by atoms with Crippen molar-refractivity contribution in [3.05, 3.63) is 24.0 Å². The fourth-order valence-electron chi connectivity index (χ4n) is 0.781. The van der Waals surface area contributed by atoms with E-state index < -0.39 is 0 Å². The molecule has 0 fully saturated rings. The smallest absolute Gasteiger partial charge is 0.0191 e. The molecule has 0 atom stereocenters. The van der Waals surface area contributed by atoms with Gasteiger partial charge in [-0.05, 0) is 18.6 Å². The van der Waals surface area contributed by atoms with Crippen molar-refractivity contribution < 1.29 is 0 Å². The second kappa shape index (κ2) is 2.97. The number of thiol groups is 1. The third kappa shape index (κ3) is 1.52. The molecule has 1 aromatic heterocycles. The van der Waals surface area contributed by atoms with E-state index in [1.807, 2.05) is 0 Å². The number of aromatic nitrogens is 1. The average Bonchev–Trinajstić information content (AvgIpc) is 2.34. The Labute approximate surface area is 61.1 Å². The molecule has 0 amide bonds. The third-order valence-corrected chi connectivity index (χ3v) is 1.72. The predicted molar refractivity (Wildman–Crippen MR) is 42.8 cm³/mol. The second-order valence-corrected chi connectivity index (χ2v) is 2.32. The van der Waals surface area contributed by atoms with Gasteiger partial charge in [0.05, 0.1) is 0 Å². The Bertz CT molecular complexity index is 162. The minimum Gasteiger partial charge on any atom is -0.354 e. The van der Waals surface area contributed by atoms with Gasteiger partial charge in [0.1, 0.15) is 0 Å². The van der Waals surface area contributed by atoms with Gasteiger partial charge in [0.15, 0.2) is 0 Å². The van der Waals surface area contributed by atoms with Gasteiger partial charge in [0.25, 0.3) is 0 Å². The summed E-state index contributed by atoms with van der Waals surface area (Å²) in [7, 11) is 0. The van der Waals surface area contributed by atoms with Crippen molar-refractivity contribution in [2.45, 2.75) is 19.2 Å². The molecule has 1 rings (SSSR count). The van der Waals surface area contributed by atoms with E-state index in [4.69, 9.17) is 0 Å². The normalized spacial score (nSPS) is 10.0. The van der Waals surface area contributed by atoms with Crippen molar-refractivity contribution in [1.82, 2.24) is 4.57 Å². The highest BCUT2D eigenvalue weighted by atomic mass is 32.1. The van der Waals surface area contributed by atoms with Crippen LogP contribution in [0, 0.1) is 0 Å². The standard InChI is InChI=1S/C7H11NS/c1-2-8-4-3-7(5-8)6-9/h3-5,9H,2,6H2,1H3. The highest BCUT2D eigenvalue weighted by Gasteiger charge is 1.89. The lowest BCUT2D eigenvalue weighted by Gasteiger charge is -1.91. The lowest BCUT2D eigenvalue weighted by molar-refractivity contribution is 0.767. The monoisotopic (exact) mass is 141 g/mol. The lowest BCUT2D eigenvalue weighted by Crippen LogP contribution is -1.86. The maximum atomic E-state index is 4.15. The maximum Gasteiger partial charge on any atom is 0.0191 e. The van der Waals surface area contributed by atoms with E-state index in [-0.39, 0.29) is 0 Å². The van der Waals surface area contributed by atoms with Gasteiger partial charge >= 0.3 is 0 Å². The fraction of sp³-hybridized carbons (Fsp3) is 0.429. The Morgan fingerprint density at radius 2 is 2.44 bits per heavy atom. The van der Waals surface area contributed by atoms with E-state index in [2.05, 4.69) is 42.6 Å². The molecule has 1 nitrogen and oxygen atoms in total. The summed E-state index contributed by atoms with van der Waals surface area (Å²) >= 11 is 4.15. The Morgan fingerprint density at radius 3 is 2.78 bits per heavy atom. The highest BCUT2D eigenvalue weighted by molar-refractivity contribution is 7.79. The number of rotatable bonds is 2. The first-order valence-corrected chi connectivity index (χ1v) is 3.75. The molecule has 0 aromatic carbocycles. The summed E-state index contributed by atoms with van der Waals surface area (Å²) in [6.45, 7) is 3.18. The van der Waals surface area contributed by atoms with Crippen LogP contribution in [0.4, 0.5) is 0 Å². The van der Waals surface area contributed by atoms with Crippen LogP contribution in [0.15, 0.2) is 18.5 Å². The summed E-state index contributed by atoms with van der Waals surface area (Å²) < 4.78 is 2.14. The van der Waals surface area contributed by atoms with Gasteiger partial charge in [-0.2, -0.15) is 12.6 Å². The second-order valence-electron chi connectivity index (χ2n) is 2.01. The Morgan fingerprint density at radius 1 is 1.67 bits per heavy atom. The van der Waals surface area contributed by atoms with Crippen molar-refractivity contribution in [2.75, 3.05) is 0 Å². The summed E-state index contributed by atoms with van der Waals surface area (Å²) in [6, 6.07) is 2.09. The van der Waals surface area contributed by atoms with Crippen LogP contribution in [0.3, 0.4) is 0 Å². The zero-order chi connectivity index (χ0) is 6.69. The van der Waals surface area contributed by atoms with Crippen molar-refractivity contribution in [2.24, 2.45) is 0 Å². The molecule has 1 aromatic rings. The number of hydrogen-bond acceptors (Lipinski definition) is 1. The van der Waals surface area contributed by atoms with Gasteiger partial charge in [-0.1, -0.05) is 0 Å². The first-order chi connectivity index (χ1) is 4.36. The molecule has 2 heteroatoms. The highest BCUT2D eigenvalue weighted by Crippen LogP contribution is 2.03. The van der Waals surface area contributed by atoms with Gasteiger partial charge in [0.2, 0.25) is 0 Å². The first-order valence-electron chi connectivity index (χ1n) is 3.12. The molecule has 9 heavy (non-hydrogen) atoms. The molecule has 0 radical (unpaired) electrons. The average molecular weight is 141 g/mol. The summed E-state index contributed by atoms with van der Waals surface area (Å²) in [5.41, 5.74) is 1.29. The van der Waals surface area contributed by atoms with E-state index in [0.717, 1.165) is 12.3 Å². The van der Waals surface area contributed by atoms with Gasteiger partial charge in [-0.25, -0.2) is 0 Å². The minimum absolute atomic E-state index is 0.840. The van der Waals surface area contributed by atoms with E-state index in [1.165, 1.54) is 5.56 Å². The molecule has 1 heterocycles. The van der Waals surface area contributed by atoms with Crippen LogP contribution in [-0.2, 0) is 12.3 Å². The predicted octanol–water partition coefficient (Wildman–Crippen LogP) is 1.94. The van der Waals surface area contributed by atoms with Gasteiger partial charge in [0, 0.05) is 24.7 Å². The van der Waals surface area contributed by atoms with E-state index in [9.17, 15) is 0 Å². The molecule has 0 aliphatic heterocycles. The molecule has 0 aliphatic carbocycles. The Hall–Kier alpha value is -0.370. The van der Waals surface area contributed by atoms with Crippen molar-refractivity contribution >= 4 is 12.6 Å². The molecule has 0 unspecified atom stereocenters. The molecule has 0 bridgehead atoms. The van der Waals surface area contributed by atoms with E-state index in [0.29, 0.717) is 0 Å². The summed E-state index contributed by atoms with van der Waals surface area (Å²) in [5.74, 6) is 0.840. The molecular formula is C7H11NS. The molecule has 50 valence electrons. The molecule has 0 N–H and O–H groups in total. The Kier molecular flexibility index (Phi) is 2.22. The van der Waals surface area contributed by atoms with Crippen LogP contribution in [-0.4, -0.2) is 4.57 Å². The van der Waals surface area contributed by atoms with Crippen LogP contribution >= 0.6 is 12.6 Å². The molecule has 0 saturated carbocycles. The van der Waals surface area contributed by atoms with Crippen LogP contribution < -0.4 is 0 Å². The van der Waals surface area contributed by atoms with E-state index >= 15 is 0 Å². The van der Waals surface area contributed by atoms with Crippen LogP contribution in [0.5, 0.6) is 0 Å². The summed E-state index contributed by atoms with van der Waals surface area (Å²) in [5, 5.41) is 0. The number of aryl methyl sites for hydroxylation is 1. The van der Waals surface area contributed by atoms with Crippen LogP contribution in [0.1, 0.15) is 12.5 Å². The maximum absolute atomic E-state index is 4.15. The minimum atomic E-state index is 0.840. The SMILES string of the molecule is CCn1ccc(CS)c1. The van der Waals surface area contributed by atoms with E-state index in [1.54, 1.807) is 0 Å². The first kappa shape index (κ1) is 6.75. The molecular weight excluding hydrogens is 130 g/mol. The lowest BCUT2D eigenvalue weighted by atomic mass is 10.4. The summed E-state index contributed by atoms with van der Waals surface area (Å²) in [6.07, 6.45) is 4.19. The van der Waals surface area contributed by atoms with Crippen molar-refractivity contribution in [3.63, 3.8) is 0 Å².